The highest BCUT2D eigenvalue weighted by Gasteiger charge is 2.16. The van der Waals surface area contributed by atoms with Crippen molar-refractivity contribution in [2.75, 3.05) is 5.32 Å². The van der Waals surface area contributed by atoms with E-state index in [-0.39, 0.29) is 5.91 Å². The van der Waals surface area contributed by atoms with Gasteiger partial charge in [0.2, 0.25) is 0 Å². The van der Waals surface area contributed by atoms with Gasteiger partial charge in [0.25, 0.3) is 5.91 Å². The normalized spacial score (nSPS) is 11.1. The van der Waals surface area contributed by atoms with E-state index in [4.69, 9.17) is 23.2 Å². The van der Waals surface area contributed by atoms with Crippen LogP contribution in [0.5, 0.6) is 0 Å². The fourth-order valence-corrected chi connectivity index (χ4v) is 3.80. The Kier molecular flexibility index (Phi) is 6.01. The monoisotopic (exact) mass is 407 g/mol. The van der Waals surface area contributed by atoms with E-state index in [0.29, 0.717) is 32.6 Å². The van der Waals surface area contributed by atoms with E-state index in [9.17, 15) is 4.79 Å². The molecule has 2 heterocycles. The van der Waals surface area contributed by atoms with Gasteiger partial charge < -0.3 is 4.57 Å². The zero-order valence-electron chi connectivity index (χ0n) is 14.5. The van der Waals surface area contributed by atoms with Crippen LogP contribution in [0.15, 0.2) is 42.7 Å². The molecule has 0 fully saturated rings. The lowest BCUT2D eigenvalue weighted by molar-refractivity contribution is 0.101. The number of anilines is 1. The fraction of sp³-hybridized carbons (Fsp3) is 0.263. The van der Waals surface area contributed by atoms with E-state index in [1.807, 2.05) is 41.1 Å². The number of benzene rings is 1. The number of hydrogen-bond acceptors (Lipinski definition) is 3. The molecule has 4 nitrogen and oxygen atoms in total. The Labute approximate surface area is 166 Å². The number of amides is 1. The summed E-state index contributed by atoms with van der Waals surface area (Å²) < 4.78 is 2.49. The van der Waals surface area contributed by atoms with Crippen LogP contribution >= 0.6 is 34.5 Å². The van der Waals surface area contributed by atoms with E-state index in [1.165, 1.54) is 17.5 Å². The summed E-state index contributed by atoms with van der Waals surface area (Å²) in [4.78, 5) is 16.9. The summed E-state index contributed by atoms with van der Waals surface area (Å²) in [5.41, 5.74) is 2.76. The fourth-order valence-electron chi connectivity index (χ4n) is 2.78. The number of carbonyl (C=O) groups is 1. The van der Waals surface area contributed by atoms with Crippen LogP contribution in [-0.4, -0.2) is 15.5 Å². The number of carbonyl (C=O) groups excluding carboxylic acids is 1. The van der Waals surface area contributed by atoms with Gasteiger partial charge in [0.15, 0.2) is 5.13 Å². The number of hydrogen-bond donors (Lipinski definition) is 1. The third kappa shape index (κ3) is 4.87. The third-order valence-corrected chi connectivity index (χ3v) is 5.04. The summed E-state index contributed by atoms with van der Waals surface area (Å²) in [6.45, 7) is 4.89. The molecule has 0 atom stereocenters. The van der Waals surface area contributed by atoms with Gasteiger partial charge in [-0.05, 0) is 41.7 Å². The molecule has 1 amide bonds. The Morgan fingerprint density at radius 3 is 2.73 bits per heavy atom. The van der Waals surface area contributed by atoms with E-state index in [2.05, 4.69) is 24.1 Å². The second kappa shape index (κ2) is 8.25. The first kappa shape index (κ1) is 19.0. The first-order valence-corrected chi connectivity index (χ1v) is 9.84. The summed E-state index contributed by atoms with van der Waals surface area (Å²) in [5.74, 6) is 0.304. The van der Waals surface area contributed by atoms with Gasteiger partial charge in [-0.3, -0.25) is 10.1 Å². The number of aromatic nitrogens is 2. The Hall–Kier alpha value is -1.82. The highest BCUT2D eigenvalue weighted by atomic mass is 35.5. The van der Waals surface area contributed by atoms with Crippen molar-refractivity contribution < 1.29 is 4.79 Å². The van der Waals surface area contributed by atoms with Gasteiger partial charge >= 0.3 is 0 Å². The molecule has 0 bridgehead atoms. The summed E-state index contributed by atoms with van der Waals surface area (Å²) in [7, 11) is 0. The average Bonchev–Trinajstić information content (AvgIpc) is 3.13. The van der Waals surface area contributed by atoms with Crippen molar-refractivity contribution in [1.82, 2.24) is 9.55 Å². The zero-order chi connectivity index (χ0) is 18.7. The maximum absolute atomic E-state index is 12.8. The van der Waals surface area contributed by atoms with Gasteiger partial charge in [0.05, 0.1) is 6.20 Å². The quantitative estimate of drug-likeness (QED) is 0.565. The minimum atomic E-state index is -0.201. The number of nitrogens with zero attached hydrogens (tertiary/aromatic N) is 2. The number of nitrogens with one attached hydrogen (secondary N) is 1. The Morgan fingerprint density at radius 2 is 2.08 bits per heavy atom. The minimum absolute atomic E-state index is 0.201. The van der Waals surface area contributed by atoms with Gasteiger partial charge in [0, 0.05) is 17.8 Å². The minimum Gasteiger partial charge on any atom is -0.339 e. The molecule has 0 aliphatic carbocycles. The number of thiazole rings is 1. The number of halogens is 2. The smallest absolute Gasteiger partial charge is 0.274 e. The summed E-state index contributed by atoms with van der Waals surface area (Å²) in [6.07, 6.45) is 4.47. The molecule has 0 unspecified atom stereocenters. The molecule has 0 spiro atoms. The highest BCUT2D eigenvalue weighted by Crippen LogP contribution is 2.24. The standard InChI is InChI=1S/C19H19Cl2N3OS/c1-12(2)6-14-8-16(18(25)23-19-22-9-17(21)26-19)24(11-14)10-13-4-3-5-15(20)7-13/h3-5,7-9,11-12H,6,10H2,1-2H3,(H,22,23,25). The Bertz CT molecular complexity index is 917. The molecule has 0 aliphatic rings. The Balaban J connectivity index is 1.88. The molecule has 1 aromatic carbocycles. The van der Waals surface area contributed by atoms with Crippen molar-refractivity contribution in [2.45, 2.75) is 26.8 Å². The summed E-state index contributed by atoms with van der Waals surface area (Å²) >= 11 is 13.2. The van der Waals surface area contributed by atoms with Crippen LogP contribution in [0.4, 0.5) is 5.13 Å². The summed E-state index contributed by atoms with van der Waals surface area (Å²) in [5, 5.41) is 3.99. The summed E-state index contributed by atoms with van der Waals surface area (Å²) in [6, 6.07) is 9.59. The van der Waals surface area contributed by atoms with E-state index in [0.717, 1.165) is 17.5 Å². The molecule has 2 aromatic heterocycles. The van der Waals surface area contributed by atoms with Crippen LogP contribution in [0, 0.1) is 5.92 Å². The molecule has 0 saturated heterocycles. The molecule has 136 valence electrons. The van der Waals surface area contributed by atoms with Crippen molar-refractivity contribution in [2.24, 2.45) is 5.92 Å². The van der Waals surface area contributed by atoms with Gasteiger partial charge in [-0.1, -0.05) is 60.5 Å². The molecule has 0 radical (unpaired) electrons. The van der Waals surface area contributed by atoms with E-state index >= 15 is 0 Å². The lowest BCUT2D eigenvalue weighted by Crippen LogP contribution is -2.17. The SMILES string of the molecule is CC(C)Cc1cc(C(=O)Nc2ncc(Cl)s2)n(Cc2cccc(Cl)c2)c1. The largest absolute Gasteiger partial charge is 0.339 e. The van der Waals surface area contributed by atoms with Crippen LogP contribution in [0.25, 0.3) is 0 Å². The predicted octanol–water partition coefficient (Wildman–Crippen LogP) is 5.75. The molecule has 3 aromatic rings. The van der Waals surface area contributed by atoms with Crippen LogP contribution in [0.2, 0.25) is 9.36 Å². The predicted molar refractivity (Wildman–Crippen MR) is 109 cm³/mol. The van der Waals surface area contributed by atoms with Gasteiger partial charge in [-0.25, -0.2) is 4.98 Å². The van der Waals surface area contributed by atoms with Gasteiger partial charge in [-0.2, -0.15) is 0 Å². The topological polar surface area (TPSA) is 46.9 Å². The first-order valence-electron chi connectivity index (χ1n) is 8.27. The maximum atomic E-state index is 12.8. The highest BCUT2D eigenvalue weighted by molar-refractivity contribution is 7.19. The van der Waals surface area contributed by atoms with Crippen molar-refractivity contribution in [3.8, 4) is 0 Å². The third-order valence-electron chi connectivity index (χ3n) is 3.77. The molecule has 26 heavy (non-hydrogen) atoms. The lowest BCUT2D eigenvalue weighted by atomic mass is 10.1. The van der Waals surface area contributed by atoms with Gasteiger partial charge in [-0.15, -0.1) is 0 Å². The van der Waals surface area contributed by atoms with Gasteiger partial charge in [0.1, 0.15) is 10.0 Å². The molecular weight excluding hydrogens is 389 g/mol. The molecular formula is C19H19Cl2N3OS. The second-order valence-corrected chi connectivity index (χ2v) is 8.61. The van der Waals surface area contributed by atoms with Crippen LogP contribution < -0.4 is 5.32 Å². The molecule has 3 rings (SSSR count). The van der Waals surface area contributed by atoms with Crippen LogP contribution in [0.3, 0.4) is 0 Å². The molecule has 0 aliphatic heterocycles. The maximum Gasteiger partial charge on any atom is 0.274 e. The molecule has 7 heteroatoms. The first-order chi connectivity index (χ1) is 12.4. The lowest BCUT2D eigenvalue weighted by Gasteiger charge is -2.09. The van der Waals surface area contributed by atoms with Crippen LogP contribution in [-0.2, 0) is 13.0 Å². The van der Waals surface area contributed by atoms with E-state index in [1.54, 1.807) is 0 Å². The van der Waals surface area contributed by atoms with Crippen molar-refractivity contribution in [3.05, 3.63) is 68.9 Å². The van der Waals surface area contributed by atoms with Crippen molar-refractivity contribution in [1.29, 1.82) is 0 Å². The zero-order valence-corrected chi connectivity index (χ0v) is 16.8. The second-order valence-electron chi connectivity index (χ2n) is 6.51. The molecule has 1 N–H and O–H groups in total. The van der Waals surface area contributed by atoms with Crippen molar-refractivity contribution >= 4 is 45.6 Å². The molecule has 0 saturated carbocycles. The van der Waals surface area contributed by atoms with Crippen molar-refractivity contribution in [3.63, 3.8) is 0 Å². The van der Waals surface area contributed by atoms with Crippen LogP contribution in [0.1, 0.15) is 35.5 Å². The number of rotatable bonds is 6. The Morgan fingerprint density at radius 1 is 1.27 bits per heavy atom. The average molecular weight is 408 g/mol. The van der Waals surface area contributed by atoms with E-state index < -0.39 is 0 Å².